The normalized spacial score (nSPS) is 12.2. The van der Waals surface area contributed by atoms with Crippen molar-refractivity contribution in [2.75, 3.05) is 11.9 Å². The van der Waals surface area contributed by atoms with Gasteiger partial charge in [-0.3, -0.25) is 0 Å². The molecule has 1 atom stereocenters. The highest BCUT2D eigenvalue weighted by atomic mass is 79.9. The van der Waals surface area contributed by atoms with Crippen molar-refractivity contribution >= 4 is 21.6 Å². The number of anilines is 1. The highest BCUT2D eigenvalue weighted by molar-refractivity contribution is 9.10. The Bertz CT molecular complexity index is 584. The third-order valence-electron chi connectivity index (χ3n) is 3.18. The SMILES string of the molecule is CC(O)c1cc(F)ccc1N(C)Cc1ccc(Br)cc1. The summed E-state index contributed by atoms with van der Waals surface area (Å²) in [6.45, 7) is 2.34. The molecule has 0 aliphatic carbocycles. The van der Waals surface area contributed by atoms with Crippen LogP contribution in [-0.2, 0) is 6.54 Å². The van der Waals surface area contributed by atoms with Gasteiger partial charge in [0.25, 0.3) is 0 Å². The smallest absolute Gasteiger partial charge is 0.123 e. The molecule has 0 fully saturated rings. The van der Waals surface area contributed by atoms with Crippen LogP contribution in [0.3, 0.4) is 0 Å². The van der Waals surface area contributed by atoms with Crippen molar-refractivity contribution in [3.05, 3.63) is 63.9 Å². The van der Waals surface area contributed by atoms with E-state index in [4.69, 9.17) is 0 Å². The van der Waals surface area contributed by atoms with Gasteiger partial charge < -0.3 is 10.0 Å². The predicted molar refractivity (Wildman–Crippen MR) is 83.3 cm³/mol. The van der Waals surface area contributed by atoms with Gasteiger partial charge in [-0.15, -0.1) is 0 Å². The van der Waals surface area contributed by atoms with Crippen molar-refractivity contribution < 1.29 is 9.50 Å². The first-order valence-electron chi connectivity index (χ1n) is 6.40. The van der Waals surface area contributed by atoms with E-state index in [-0.39, 0.29) is 5.82 Å². The molecule has 0 aromatic heterocycles. The standard InChI is InChI=1S/C16H17BrFNO/c1-11(20)15-9-14(18)7-8-16(15)19(2)10-12-3-5-13(17)6-4-12/h3-9,11,20H,10H2,1-2H3. The zero-order valence-electron chi connectivity index (χ0n) is 11.5. The van der Waals surface area contributed by atoms with E-state index in [0.717, 1.165) is 15.7 Å². The number of halogens is 2. The average Bonchev–Trinajstić information content (AvgIpc) is 2.41. The topological polar surface area (TPSA) is 23.5 Å². The van der Waals surface area contributed by atoms with Crippen LogP contribution in [0.2, 0.25) is 0 Å². The summed E-state index contributed by atoms with van der Waals surface area (Å²) in [7, 11) is 1.93. The summed E-state index contributed by atoms with van der Waals surface area (Å²) in [4.78, 5) is 2.00. The minimum absolute atomic E-state index is 0.332. The maximum atomic E-state index is 13.3. The summed E-state index contributed by atoms with van der Waals surface area (Å²) >= 11 is 3.41. The van der Waals surface area contributed by atoms with Crippen LogP contribution in [-0.4, -0.2) is 12.2 Å². The molecule has 2 rings (SSSR count). The van der Waals surface area contributed by atoms with Crippen molar-refractivity contribution in [3.8, 4) is 0 Å². The van der Waals surface area contributed by atoms with E-state index in [2.05, 4.69) is 15.9 Å². The van der Waals surface area contributed by atoms with Gasteiger partial charge in [0.1, 0.15) is 5.82 Å². The molecular weight excluding hydrogens is 321 g/mol. The molecule has 0 radical (unpaired) electrons. The van der Waals surface area contributed by atoms with E-state index in [9.17, 15) is 9.50 Å². The molecule has 0 aliphatic rings. The summed E-state index contributed by atoms with van der Waals surface area (Å²) in [5.41, 5.74) is 2.59. The molecule has 20 heavy (non-hydrogen) atoms. The van der Waals surface area contributed by atoms with E-state index < -0.39 is 6.10 Å². The fraction of sp³-hybridized carbons (Fsp3) is 0.250. The van der Waals surface area contributed by atoms with E-state index in [1.165, 1.54) is 12.1 Å². The minimum Gasteiger partial charge on any atom is -0.389 e. The van der Waals surface area contributed by atoms with Crippen LogP contribution in [0.4, 0.5) is 10.1 Å². The molecule has 0 amide bonds. The number of hydrogen-bond acceptors (Lipinski definition) is 2. The number of aliphatic hydroxyl groups is 1. The molecule has 0 saturated carbocycles. The van der Waals surface area contributed by atoms with Crippen LogP contribution >= 0.6 is 15.9 Å². The molecule has 0 aliphatic heterocycles. The van der Waals surface area contributed by atoms with Gasteiger partial charge in [-0.05, 0) is 42.8 Å². The Morgan fingerprint density at radius 1 is 1.20 bits per heavy atom. The van der Waals surface area contributed by atoms with Crippen LogP contribution < -0.4 is 4.90 Å². The molecule has 0 saturated heterocycles. The molecule has 2 aromatic carbocycles. The molecule has 0 heterocycles. The Morgan fingerprint density at radius 3 is 2.45 bits per heavy atom. The Hall–Kier alpha value is -1.39. The van der Waals surface area contributed by atoms with Gasteiger partial charge in [0.05, 0.1) is 6.10 Å². The van der Waals surface area contributed by atoms with Gasteiger partial charge >= 0.3 is 0 Å². The lowest BCUT2D eigenvalue weighted by Crippen LogP contribution is -2.18. The highest BCUT2D eigenvalue weighted by Gasteiger charge is 2.13. The van der Waals surface area contributed by atoms with Gasteiger partial charge in [-0.2, -0.15) is 0 Å². The molecular formula is C16H17BrFNO. The number of nitrogens with zero attached hydrogens (tertiary/aromatic N) is 1. The Balaban J connectivity index is 2.24. The average molecular weight is 338 g/mol. The summed E-state index contributed by atoms with van der Waals surface area (Å²) in [5, 5.41) is 9.78. The molecule has 0 bridgehead atoms. The van der Waals surface area contributed by atoms with Crippen LogP contribution in [0.15, 0.2) is 46.9 Å². The van der Waals surface area contributed by atoms with Gasteiger partial charge in [0.2, 0.25) is 0 Å². The molecule has 1 N–H and O–H groups in total. The van der Waals surface area contributed by atoms with Gasteiger partial charge in [0.15, 0.2) is 0 Å². The van der Waals surface area contributed by atoms with Gasteiger partial charge in [0, 0.05) is 29.3 Å². The molecule has 106 valence electrons. The van der Waals surface area contributed by atoms with E-state index in [0.29, 0.717) is 12.1 Å². The Kier molecular flexibility index (Phi) is 4.78. The third kappa shape index (κ3) is 3.58. The van der Waals surface area contributed by atoms with Gasteiger partial charge in [-0.1, -0.05) is 28.1 Å². The van der Waals surface area contributed by atoms with E-state index in [1.54, 1.807) is 13.0 Å². The maximum Gasteiger partial charge on any atom is 0.123 e. The molecule has 1 unspecified atom stereocenters. The largest absolute Gasteiger partial charge is 0.389 e. The Labute approximate surface area is 127 Å². The van der Waals surface area contributed by atoms with Crippen molar-refractivity contribution in [2.24, 2.45) is 0 Å². The fourth-order valence-electron chi connectivity index (χ4n) is 2.16. The second-order valence-corrected chi connectivity index (χ2v) is 5.78. The summed E-state index contributed by atoms with van der Waals surface area (Å²) in [6.07, 6.45) is -0.701. The summed E-state index contributed by atoms with van der Waals surface area (Å²) < 4.78 is 14.3. The van der Waals surface area contributed by atoms with E-state index in [1.807, 2.05) is 36.2 Å². The lowest BCUT2D eigenvalue weighted by molar-refractivity contribution is 0.199. The van der Waals surface area contributed by atoms with Crippen molar-refractivity contribution in [2.45, 2.75) is 19.6 Å². The van der Waals surface area contributed by atoms with Crippen LogP contribution in [0.5, 0.6) is 0 Å². The monoisotopic (exact) mass is 337 g/mol. The van der Waals surface area contributed by atoms with Crippen molar-refractivity contribution in [1.29, 1.82) is 0 Å². The number of benzene rings is 2. The van der Waals surface area contributed by atoms with Crippen LogP contribution in [0.25, 0.3) is 0 Å². The third-order valence-corrected chi connectivity index (χ3v) is 3.71. The van der Waals surface area contributed by atoms with Crippen LogP contribution in [0, 0.1) is 5.82 Å². The van der Waals surface area contributed by atoms with Gasteiger partial charge in [-0.25, -0.2) is 4.39 Å². The quantitative estimate of drug-likeness (QED) is 0.900. The lowest BCUT2D eigenvalue weighted by atomic mass is 10.1. The molecule has 2 nitrogen and oxygen atoms in total. The molecule has 0 spiro atoms. The predicted octanol–water partition coefficient (Wildman–Crippen LogP) is 4.28. The first-order valence-corrected chi connectivity index (χ1v) is 7.20. The highest BCUT2D eigenvalue weighted by Crippen LogP contribution is 2.27. The first-order chi connectivity index (χ1) is 9.47. The minimum atomic E-state index is -0.701. The fourth-order valence-corrected chi connectivity index (χ4v) is 2.42. The number of hydrogen-bond donors (Lipinski definition) is 1. The molecule has 2 aromatic rings. The number of rotatable bonds is 4. The second kappa shape index (κ2) is 6.37. The first kappa shape index (κ1) is 15.0. The van der Waals surface area contributed by atoms with Crippen molar-refractivity contribution in [3.63, 3.8) is 0 Å². The van der Waals surface area contributed by atoms with Crippen LogP contribution in [0.1, 0.15) is 24.2 Å². The lowest BCUT2D eigenvalue weighted by Gasteiger charge is -2.24. The number of aliphatic hydroxyl groups excluding tert-OH is 1. The zero-order valence-corrected chi connectivity index (χ0v) is 13.1. The van der Waals surface area contributed by atoms with E-state index >= 15 is 0 Å². The zero-order chi connectivity index (χ0) is 14.7. The van der Waals surface area contributed by atoms with Crippen molar-refractivity contribution in [1.82, 2.24) is 0 Å². The Morgan fingerprint density at radius 2 is 1.85 bits per heavy atom. The molecule has 4 heteroatoms. The summed E-state index contributed by atoms with van der Waals surface area (Å²) in [6, 6.07) is 12.6. The maximum absolute atomic E-state index is 13.3. The summed E-state index contributed by atoms with van der Waals surface area (Å²) in [5.74, 6) is -0.332. The second-order valence-electron chi connectivity index (χ2n) is 4.86.